The molecule has 6 nitrogen and oxygen atoms in total. The molecule has 4 rings (SSSR count). The summed E-state index contributed by atoms with van der Waals surface area (Å²) in [5.41, 5.74) is 1.05. The van der Waals surface area contributed by atoms with Crippen molar-refractivity contribution < 1.29 is 14.0 Å². The molecule has 1 saturated heterocycles. The van der Waals surface area contributed by atoms with Crippen LogP contribution < -0.4 is 0 Å². The summed E-state index contributed by atoms with van der Waals surface area (Å²) >= 11 is 0. The van der Waals surface area contributed by atoms with E-state index in [1.54, 1.807) is 6.26 Å². The number of hydrogen-bond donors (Lipinski definition) is 1. The van der Waals surface area contributed by atoms with Crippen LogP contribution in [0.2, 0.25) is 0 Å². The van der Waals surface area contributed by atoms with Crippen LogP contribution in [0, 0.1) is 0 Å². The van der Waals surface area contributed by atoms with E-state index in [4.69, 9.17) is 8.94 Å². The first-order chi connectivity index (χ1) is 11.2. The van der Waals surface area contributed by atoms with Crippen LogP contribution >= 0.6 is 0 Å². The molecular weight excluding hydrogens is 294 g/mol. The van der Waals surface area contributed by atoms with Crippen molar-refractivity contribution in [2.75, 3.05) is 13.1 Å². The number of aliphatic hydroxyl groups is 1. The summed E-state index contributed by atoms with van der Waals surface area (Å²) in [5, 5.41) is 15.8. The van der Waals surface area contributed by atoms with Crippen molar-refractivity contribution >= 4 is 11.0 Å². The molecule has 1 N–H and O–H groups in total. The molecule has 0 spiro atoms. The van der Waals surface area contributed by atoms with Crippen molar-refractivity contribution in [2.24, 2.45) is 0 Å². The van der Waals surface area contributed by atoms with Gasteiger partial charge in [0.15, 0.2) is 11.4 Å². The molecule has 1 fully saturated rings. The molecular formula is C17H19N3O3. The number of fused-ring (bicyclic) bond motifs is 1. The van der Waals surface area contributed by atoms with Crippen molar-refractivity contribution in [3.8, 4) is 0 Å². The van der Waals surface area contributed by atoms with Crippen LogP contribution in [0.15, 0.2) is 39.5 Å². The first kappa shape index (κ1) is 14.4. The summed E-state index contributed by atoms with van der Waals surface area (Å²) in [6.45, 7) is 4.04. The van der Waals surface area contributed by atoms with Gasteiger partial charge in [-0.05, 0) is 30.2 Å². The van der Waals surface area contributed by atoms with E-state index in [1.165, 1.54) is 5.56 Å². The minimum absolute atomic E-state index is 0.335. The Hall–Kier alpha value is -2.18. The lowest BCUT2D eigenvalue weighted by atomic mass is 10.0. The van der Waals surface area contributed by atoms with Crippen LogP contribution in [0.4, 0.5) is 0 Å². The smallest absolute Gasteiger partial charge is 0.259 e. The highest BCUT2D eigenvalue weighted by Crippen LogP contribution is 2.32. The Bertz CT molecular complexity index is 825. The molecule has 0 radical (unpaired) electrons. The molecule has 1 aliphatic rings. The maximum absolute atomic E-state index is 10.8. The van der Waals surface area contributed by atoms with Gasteiger partial charge < -0.3 is 14.0 Å². The largest absolute Gasteiger partial charge is 0.464 e. The molecule has 3 heterocycles. The van der Waals surface area contributed by atoms with Gasteiger partial charge >= 0.3 is 0 Å². The average molecular weight is 313 g/mol. The third-order valence-electron chi connectivity index (χ3n) is 4.43. The van der Waals surface area contributed by atoms with Gasteiger partial charge in [-0.1, -0.05) is 18.1 Å². The highest BCUT2D eigenvalue weighted by molar-refractivity contribution is 5.77. The van der Waals surface area contributed by atoms with E-state index >= 15 is 0 Å². The number of hydrogen-bond acceptors (Lipinski definition) is 6. The number of rotatable bonds is 4. The molecule has 6 heteroatoms. The van der Waals surface area contributed by atoms with E-state index in [9.17, 15) is 5.11 Å². The molecule has 1 aliphatic heterocycles. The van der Waals surface area contributed by atoms with E-state index < -0.39 is 5.60 Å². The third-order valence-corrected chi connectivity index (χ3v) is 4.43. The monoisotopic (exact) mass is 313 g/mol. The third kappa shape index (κ3) is 2.64. The standard InChI is InChI=1S/C17H19N3O3/c1-2-15-18-16(23-19-15)17(21)6-7-20(11-17)10-12-3-4-14-13(9-12)5-8-22-14/h3-5,8-9,21H,2,6-7,10-11H2,1H3. The van der Waals surface area contributed by atoms with Crippen molar-refractivity contribution in [1.29, 1.82) is 0 Å². The van der Waals surface area contributed by atoms with Gasteiger partial charge in [0.1, 0.15) is 5.58 Å². The molecule has 23 heavy (non-hydrogen) atoms. The number of nitrogens with zero attached hydrogens (tertiary/aromatic N) is 3. The number of aromatic nitrogens is 2. The second kappa shape index (κ2) is 5.47. The first-order valence-corrected chi connectivity index (χ1v) is 7.90. The van der Waals surface area contributed by atoms with E-state index in [1.807, 2.05) is 19.1 Å². The highest BCUT2D eigenvalue weighted by atomic mass is 16.5. The number of β-amino-alcohol motifs (C(OH)–C–C–N with tert-alkyl or cyclic N) is 1. The van der Waals surface area contributed by atoms with Gasteiger partial charge in [0.25, 0.3) is 5.89 Å². The van der Waals surface area contributed by atoms with Crippen LogP contribution in [0.25, 0.3) is 11.0 Å². The predicted molar refractivity (Wildman–Crippen MR) is 83.7 cm³/mol. The lowest BCUT2D eigenvalue weighted by molar-refractivity contribution is 0.0131. The Labute approximate surface area is 133 Å². The fourth-order valence-electron chi connectivity index (χ4n) is 3.14. The molecule has 1 unspecified atom stereocenters. The highest BCUT2D eigenvalue weighted by Gasteiger charge is 2.42. The quantitative estimate of drug-likeness (QED) is 0.797. The molecule has 0 aliphatic carbocycles. The lowest BCUT2D eigenvalue weighted by Gasteiger charge is -2.19. The molecule has 2 aromatic heterocycles. The molecule has 3 aromatic rings. The summed E-state index contributed by atoms with van der Waals surface area (Å²) in [5.74, 6) is 0.972. The van der Waals surface area contributed by atoms with Crippen molar-refractivity contribution in [1.82, 2.24) is 15.0 Å². The van der Waals surface area contributed by atoms with E-state index in [2.05, 4.69) is 27.2 Å². The van der Waals surface area contributed by atoms with Crippen LogP contribution in [0.1, 0.15) is 30.6 Å². The maximum Gasteiger partial charge on any atom is 0.259 e. The van der Waals surface area contributed by atoms with Gasteiger partial charge in [0.2, 0.25) is 0 Å². The molecule has 0 saturated carbocycles. The number of furan rings is 1. The normalized spacial score (nSPS) is 22.2. The van der Waals surface area contributed by atoms with Crippen molar-refractivity contribution in [3.63, 3.8) is 0 Å². The summed E-state index contributed by atoms with van der Waals surface area (Å²) in [6.07, 6.45) is 3.00. The van der Waals surface area contributed by atoms with E-state index in [-0.39, 0.29) is 0 Å². The van der Waals surface area contributed by atoms with Crippen molar-refractivity contribution in [3.05, 3.63) is 47.8 Å². The lowest BCUT2D eigenvalue weighted by Crippen LogP contribution is -2.31. The van der Waals surface area contributed by atoms with Crippen molar-refractivity contribution in [2.45, 2.75) is 31.9 Å². The Kier molecular flexibility index (Phi) is 3.43. The van der Waals surface area contributed by atoms with Gasteiger partial charge in [0.05, 0.1) is 6.26 Å². The zero-order valence-electron chi connectivity index (χ0n) is 13.0. The molecule has 0 amide bonds. The first-order valence-electron chi connectivity index (χ1n) is 7.90. The van der Waals surface area contributed by atoms with Gasteiger partial charge in [-0.2, -0.15) is 4.98 Å². The molecule has 1 aromatic carbocycles. The average Bonchev–Trinajstić information content (AvgIpc) is 3.26. The van der Waals surface area contributed by atoms with Crippen LogP contribution in [0.5, 0.6) is 0 Å². The van der Waals surface area contributed by atoms with E-state index in [0.717, 1.165) is 24.1 Å². The summed E-state index contributed by atoms with van der Waals surface area (Å²) in [4.78, 5) is 6.50. The van der Waals surface area contributed by atoms with Gasteiger partial charge in [-0.25, -0.2) is 0 Å². The Morgan fingerprint density at radius 2 is 2.26 bits per heavy atom. The number of aryl methyl sites for hydroxylation is 1. The second-order valence-corrected chi connectivity index (χ2v) is 6.15. The van der Waals surface area contributed by atoms with Gasteiger partial charge in [-0.15, -0.1) is 0 Å². The maximum atomic E-state index is 10.8. The zero-order valence-corrected chi connectivity index (χ0v) is 13.0. The minimum atomic E-state index is -1.04. The summed E-state index contributed by atoms with van der Waals surface area (Å²) in [6, 6.07) is 8.13. The number of likely N-dealkylation sites (tertiary alicyclic amines) is 1. The fourth-order valence-corrected chi connectivity index (χ4v) is 3.14. The second-order valence-electron chi connectivity index (χ2n) is 6.15. The zero-order chi connectivity index (χ0) is 15.9. The molecule has 120 valence electrons. The topological polar surface area (TPSA) is 75.5 Å². The van der Waals surface area contributed by atoms with Gasteiger partial charge in [-0.3, -0.25) is 4.90 Å². The predicted octanol–water partition coefficient (Wildman–Crippen LogP) is 2.47. The minimum Gasteiger partial charge on any atom is -0.464 e. The summed E-state index contributed by atoms with van der Waals surface area (Å²) < 4.78 is 10.6. The number of benzene rings is 1. The van der Waals surface area contributed by atoms with Crippen LogP contribution in [-0.4, -0.2) is 33.2 Å². The molecule has 0 bridgehead atoms. The van der Waals surface area contributed by atoms with Gasteiger partial charge in [0, 0.05) is 31.4 Å². The Morgan fingerprint density at radius 3 is 3.09 bits per heavy atom. The SMILES string of the molecule is CCc1noc(C2(O)CCN(Cc3ccc4occc4c3)C2)n1. The Balaban J connectivity index is 1.49. The molecule has 1 atom stereocenters. The Morgan fingerprint density at radius 1 is 1.35 bits per heavy atom. The fraction of sp³-hybridized carbons (Fsp3) is 0.412. The summed E-state index contributed by atoms with van der Waals surface area (Å²) in [7, 11) is 0. The van der Waals surface area contributed by atoms with Crippen LogP contribution in [0.3, 0.4) is 0 Å². The van der Waals surface area contributed by atoms with E-state index in [0.29, 0.717) is 31.1 Å². The van der Waals surface area contributed by atoms with Crippen LogP contribution in [-0.2, 0) is 18.6 Å².